The number of fused-ring (bicyclic) bond motifs is 1. The smallest absolute Gasteiger partial charge is 0.319 e. The predicted molar refractivity (Wildman–Crippen MR) is 144 cm³/mol. The van der Waals surface area contributed by atoms with Crippen LogP contribution >= 0.6 is 11.6 Å². The van der Waals surface area contributed by atoms with Crippen LogP contribution in [0.2, 0.25) is 5.15 Å². The van der Waals surface area contributed by atoms with E-state index in [9.17, 15) is 19.2 Å². The topological polar surface area (TPSA) is 176 Å². The number of primary amides is 1. The van der Waals surface area contributed by atoms with E-state index in [2.05, 4.69) is 31.3 Å². The van der Waals surface area contributed by atoms with Gasteiger partial charge in [0.15, 0.2) is 5.69 Å². The monoisotopic (exact) mass is 553 g/mol. The van der Waals surface area contributed by atoms with Gasteiger partial charge in [0, 0.05) is 29.7 Å². The summed E-state index contributed by atoms with van der Waals surface area (Å²) in [5.74, 6) is -1.22. The predicted octanol–water partition coefficient (Wildman–Crippen LogP) is 1.30. The van der Waals surface area contributed by atoms with Crippen molar-refractivity contribution in [3.63, 3.8) is 0 Å². The summed E-state index contributed by atoms with van der Waals surface area (Å²) in [7, 11) is 0. The molecular formula is C25H28ClN9O4. The summed E-state index contributed by atoms with van der Waals surface area (Å²) in [6.45, 7) is 1.18. The van der Waals surface area contributed by atoms with Crippen molar-refractivity contribution in [2.24, 2.45) is 5.73 Å². The lowest BCUT2D eigenvalue weighted by atomic mass is 10.2. The fourth-order valence-electron chi connectivity index (χ4n) is 4.53. The highest BCUT2D eigenvalue weighted by atomic mass is 35.5. The van der Waals surface area contributed by atoms with E-state index in [1.165, 1.54) is 9.58 Å². The van der Waals surface area contributed by atoms with Gasteiger partial charge in [-0.25, -0.2) is 9.78 Å². The molecule has 1 aliphatic heterocycles. The standard InChI is InChI=1S/C25H28ClN9O4/c26-19-2-1-3-20(31-19)32-21(36)12-34(16-5-6-16)22(37)13-35-18-7-4-14(10-17(18)23(33-35)24(27)38)29-25(39)30-15-8-9-28-11-15/h1-4,7,10,15-16,28H,5-6,8-9,11-13H2,(H2,27,38)(H2,29,30,39)(H,31,32,36). The molecule has 1 saturated carbocycles. The number of carbonyl (C=O) groups excluding carboxylic acids is 4. The summed E-state index contributed by atoms with van der Waals surface area (Å²) in [4.78, 5) is 56.0. The number of benzene rings is 1. The molecule has 39 heavy (non-hydrogen) atoms. The van der Waals surface area contributed by atoms with Gasteiger partial charge in [0.2, 0.25) is 11.8 Å². The Morgan fingerprint density at radius 2 is 1.95 bits per heavy atom. The second kappa shape index (κ2) is 11.3. The zero-order valence-electron chi connectivity index (χ0n) is 20.9. The second-order valence-electron chi connectivity index (χ2n) is 9.54. The molecule has 1 aliphatic carbocycles. The van der Waals surface area contributed by atoms with E-state index in [1.54, 1.807) is 36.4 Å². The van der Waals surface area contributed by atoms with Crippen LogP contribution in [-0.2, 0) is 16.1 Å². The molecule has 1 atom stereocenters. The van der Waals surface area contributed by atoms with Crippen LogP contribution in [0, 0.1) is 0 Å². The van der Waals surface area contributed by atoms with E-state index in [0.717, 1.165) is 25.8 Å². The Kier molecular flexibility index (Phi) is 7.61. The van der Waals surface area contributed by atoms with Crippen molar-refractivity contribution in [1.29, 1.82) is 0 Å². The van der Waals surface area contributed by atoms with Crippen LogP contribution in [0.1, 0.15) is 29.8 Å². The molecule has 204 valence electrons. The van der Waals surface area contributed by atoms with Gasteiger partial charge in [-0.2, -0.15) is 5.10 Å². The number of hydrogen-bond acceptors (Lipinski definition) is 7. The summed E-state index contributed by atoms with van der Waals surface area (Å²) in [5.41, 5.74) is 6.48. The number of carbonyl (C=O) groups is 4. The highest BCUT2D eigenvalue weighted by Crippen LogP contribution is 2.28. The molecule has 3 heterocycles. The summed E-state index contributed by atoms with van der Waals surface area (Å²) in [6.07, 6.45) is 2.42. The Bertz CT molecular complexity index is 1430. The van der Waals surface area contributed by atoms with Crippen LogP contribution in [0.5, 0.6) is 0 Å². The minimum Gasteiger partial charge on any atom is -0.364 e. The maximum atomic E-state index is 13.3. The van der Waals surface area contributed by atoms with Gasteiger partial charge in [0.25, 0.3) is 5.91 Å². The molecular weight excluding hydrogens is 526 g/mol. The molecule has 0 spiro atoms. The zero-order chi connectivity index (χ0) is 27.5. The maximum absolute atomic E-state index is 13.3. The van der Waals surface area contributed by atoms with Crippen molar-refractivity contribution in [2.45, 2.75) is 37.9 Å². The lowest BCUT2D eigenvalue weighted by molar-refractivity contribution is -0.135. The fraction of sp³-hybridized carbons (Fsp3) is 0.360. The third kappa shape index (κ3) is 6.44. The zero-order valence-corrected chi connectivity index (χ0v) is 21.7. The van der Waals surface area contributed by atoms with Crippen LogP contribution in [0.3, 0.4) is 0 Å². The van der Waals surface area contributed by atoms with Crippen LogP contribution in [0.15, 0.2) is 36.4 Å². The molecule has 1 aromatic carbocycles. The molecule has 2 fully saturated rings. The Hall–Kier alpha value is -4.23. The van der Waals surface area contributed by atoms with Gasteiger partial charge >= 0.3 is 6.03 Å². The van der Waals surface area contributed by atoms with E-state index in [1.807, 2.05) is 0 Å². The molecule has 2 aromatic heterocycles. The van der Waals surface area contributed by atoms with E-state index in [-0.39, 0.29) is 53.8 Å². The number of halogens is 1. The van der Waals surface area contributed by atoms with E-state index in [0.29, 0.717) is 23.1 Å². The average molecular weight is 554 g/mol. The Morgan fingerprint density at radius 3 is 2.64 bits per heavy atom. The van der Waals surface area contributed by atoms with Gasteiger partial charge in [0.05, 0.1) is 5.52 Å². The number of nitrogens with two attached hydrogens (primary N) is 1. The number of aromatic nitrogens is 3. The quantitative estimate of drug-likeness (QED) is 0.248. The Labute approximate surface area is 228 Å². The number of pyridine rings is 1. The molecule has 5 amide bonds. The van der Waals surface area contributed by atoms with Gasteiger partial charge in [-0.15, -0.1) is 0 Å². The molecule has 3 aromatic rings. The summed E-state index contributed by atoms with van der Waals surface area (Å²) in [5, 5.41) is 16.4. The first-order valence-corrected chi connectivity index (χ1v) is 12.9. The minimum atomic E-state index is -0.766. The van der Waals surface area contributed by atoms with Gasteiger partial charge in [0.1, 0.15) is 24.1 Å². The number of nitrogens with zero attached hydrogens (tertiary/aromatic N) is 4. The molecule has 1 unspecified atom stereocenters. The molecule has 14 heteroatoms. The summed E-state index contributed by atoms with van der Waals surface area (Å²) in [6, 6.07) is 9.40. The van der Waals surface area contributed by atoms with Gasteiger partial charge in [-0.05, 0) is 56.1 Å². The third-order valence-corrected chi connectivity index (χ3v) is 6.74. The van der Waals surface area contributed by atoms with Crippen molar-refractivity contribution < 1.29 is 19.2 Å². The van der Waals surface area contributed by atoms with Crippen molar-refractivity contribution >= 4 is 57.8 Å². The van der Waals surface area contributed by atoms with Crippen molar-refractivity contribution in [1.82, 2.24) is 30.3 Å². The lowest BCUT2D eigenvalue weighted by Crippen LogP contribution is -2.41. The Balaban J connectivity index is 1.30. The molecule has 2 aliphatic rings. The first-order chi connectivity index (χ1) is 18.8. The van der Waals surface area contributed by atoms with Crippen LogP contribution < -0.4 is 27.0 Å². The summed E-state index contributed by atoms with van der Waals surface area (Å²) < 4.78 is 1.39. The first-order valence-electron chi connectivity index (χ1n) is 12.6. The lowest BCUT2D eigenvalue weighted by Gasteiger charge is -2.22. The fourth-order valence-corrected chi connectivity index (χ4v) is 4.69. The van der Waals surface area contributed by atoms with Crippen LogP contribution in [0.25, 0.3) is 10.9 Å². The summed E-state index contributed by atoms with van der Waals surface area (Å²) >= 11 is 5.88. The van der Waals surface area contributed by atoms with Crippen molar-refractivity contribution in [3.05, 3.63) is 47.2 Å². The van der Waals surface area contributed by atoms with Crippen molar-refractivity contribution in [3.8, 4) is 0 Å². The molecule has 0 bridgehead atoms. The number of amides is 5. The van der Waals surface area contributed by atoms with Crippen LogP contribution in [0.4, 0.5) is 16.3 Å². The number of urea groups is 1. The minimum absolute atomic E-state index is 0.0235. The van der Waals surface area contributed by atoms with Crippen LogP contribution in [-0.4, -0.2) is 75.1 Å². The maximum Gasteiger partial charge on any atom is 0.319 e. The van der Waals surface area contributed by atoms with Gasteiger partial charge in [-0.3, -0.25) is 19.1 Å². The molecule has 1 saturated heterocycles. The largest absolute Gasteiger partial charge is 0.364 e. The first kappa shape index (κ1) is 26.4. The third-order valence-electron chi connectivity index (χ3n) is 6.53. The Morgan fingerprint density at radius 1 is 1.13 bits per heavy atom. The SMILES string of the molecule is NC(=O)c1nn(CC(=O)N(CC(=O)Nc2cccc(Cl)n2)C2CC2)c2ccc(NC(=O)NC3CCNC3)cc12. The molecule has 0 radical (unpaired) electrons. The van der Waals surface area contributed by atoms with Crippen molar-refractivity contribution in [2.75, 3.05) is 30.3 Å². The van der Waals surface area contributed by atoms with E-state index in [4.69, 9.17) is 17.3 Å². The number of anilines is 2. The number of rotatable bonds is 9. The van der Waals surface area contributed by atoms with Gasteiger partial charge in [-0.1, -0.05) is 17.7 Å². The van der Waals surface area contributed by atoms with E-state index < -0.39 is 11.8 Å². The highest BCUT2D eigenvalue weighted by molar-refractivity contribution is 6.29. The van der Waals surface area contributed by atoms with E-state index >= 15 is 0 Å². The molecule has 13 nitrogen and oxygen atoms in total. The molecule has 5 rings (SSSR count). The second-order valence-corrected chi connectivity index (χ2v) is 9.92. The number of hydrogen-bond donors (Lipinski definition) is 5. The average Bonchev–Trinajstić information content (AvgIpc) is 3.48. The normalized spacial score (nSPS) is 16.6. The van der Waals surface area contributed by atoms with Gasteiger partial charge < -0.3 is 31.9 Å². The number of nitrogens with one attached hydrogen (secondary N) is 4. The molecule has 6 N–H and O–H groups in total. The highest BCUT2D eigenvalue weighted by Gasteiger charge is 2.34.